The van der Waals surface area contributed by atoms with E-state index in [1.54, 1.807) is 0 Å². The van der Waals surface area contributed by atoms with Gasteiger partial charge >= 0.3 is 18.9 Å². The molecule has 0 N–H and O–H groups in total. The molecule has 1 rings (SSSR count). The minimum Gasteiger partial charge on any atom is -0.343 e. The summed E-state index contributed by atoms with van der Waals surface area (Å²) in [4.78, 5) is 2.53. The molecule has 1 heterocycles. The molecule has 0 aliphatic carbocycles. The van der Waals surface area contributed by atoms with Crippen LogP contribution < -0.4 is 18.9 Å². The van der Waals surface area contributed by atoms with Crippen LogP contribution in [0.2, 0.25) is 0 Å². The van der Waals surface area contributed by atoms with Gasteiger partial charge in [0.2, 0.25) is 0 Å². The molecule has 2 heteroatoms. The SMILES string of the molecule is [CH2-]CCCN1CCCC1.[Li+]. The van der Waals surface area contributed by atoms with Crippen molar-refractivity contribution in [3.8, 4) is 0 Å². The number of rotatable bonds is 3. The van der Waals surface area contributed by atoms with E-state index in [2.05, 4.69) is 11.8 Å². The zero-order valence-corrected chi connectivity index (χ0v) is 7.10. The van der Waals surface area contributed by atoms with Gasteiger partial charge in [-0.25, -0.2) is 0 Å². The summed E-state index contributed by atoms with van der Waals surface area (Å²) in [5, 5.41) is 0. The number of hydrogen-bond acceptors (Lipinski definition) is 1. The van der Waals surface area contributed by atoms with Gasteiger partial charge in [0.25, 0.3) is 0 Å². The first-order chi connectivity index (χ1) is 4.43. The minimum absolute atomic E-state index is 0. The van der Waals surface area contributed by atoms with Gasteiger partial charge in [-0.3, -0.25) is 0 Å². The van der Waals surface area contributed by atoms with Crippen LogP contribution in [-0.2, 0) is 0 Å². The van der Waals surface area contributed by atoms with E-state index in [1.165, 1.54) is 38.9 Å². The topological polar surface area (TPSA) is 3.24 Å². The van der Waals surface area contributed by atoms with Crippen LogP contribution in [0, 0.1) is 6.92 Å². The molecule has 0 saturated carbocycles. The fraction of sp³-hybridized carbons (Fsp3) is 0.875. The summed E-state index contributed by atoms with van der Waals surface area (Å²) in [5.74, 6) is 0. The molecule has 0 aromatic heterocycles. The molecule has 0 spiro atoms. The van der Waals surface area contributed by atoms with E-state index < -0.39 is 0 Å². The van der Waals surface area contributed by atoms with Crippen LogP contribution in [0.15, 0.2) is 0 Å². The summed E-state index contributed by atoms with van der Waals surface area (Å²) in [6, 6.07) is 0. The second-order valence-corrected chi connectivity index (χ2v) is 2.76. The van der Waals surface area contributed by atoms with Crippen LogP contribution in [0.25, 0.3) is 0 Å². The maximum atomic E-state index is 3.82. The second-order valence-electron chi connectivity index (χ2n) is 2.76. The molecule has 0 radical (unpaired) electrons. The van der Waals surface area contributed by atoms with Gasteiger partial charge in [-0.05, 0) is 32.5 Å². The minimum atomic E-state index is 0. The van der Waals surface area contributed by atoms with Gasteiger partial charge in [0, 0.05) is 0 Å². The summed E-state index contributed by atoms with van der Waals surface area (Å²) in [7, 11) is 0. The first-order valence-electron chi connectivity index (χ1n) is 3.95. The third-order valence-corrected chi connectivity index (χ3v) is 1.92. The molecular formula is C8H16LiN. The van der Waals surface area contributed by atoms with Gasteiger partial charge in [0.1, 0.15) is 0 Å². The fourth-order valence-electron chi connectivity index (χ4n) is 1.34. The van der Waals surface area contributed by atoms with Crippen molar-refractivity contribution in [3.63, 3.8) is 0 Å². The van der Waals surface area contributed by atoms with Crippen LogP contribution >= 0.6 is 0 Å². The van der Waals surface area contributed by atoms with E-state index >= 15 is 0 Å². The fourth-order valence-corrected chi connectivity index (χ4v) is 1.34. The Morgan fingerprint density at radius 2 is 1.80 bits per heavy atom. The van der Waals surface area contributed by atoms with E-state index in [0.29, 0.717) is 0 Å². The summed E-state index contributed by atoms with van der Waals surface area (Å²) in [6.45, 7) is 7.77. The zero-order chi connectivity index (χ0) is 6.53. The Morgan fingerprint density at radius 1 is 1.20 bits per heavy atom. The van der Waals surface area contributed by atoms with Gasteiger partial charge in [-0.1, -0.05) is 6.42 Å². The smallest absolute Gasteiger partial charge is 0.343 e. The van der Waals surface area contributed by atoms with Gasteiger partial charge in [-0.2, -0.15) is 6.42 Å². The summed E-state index contributed by atoms with van der Waals surface area (Å²) in [5.41, 5.74) is 0. The predicted molar refractivity (Wildman–Crippen MR) is 40.3 cm³/mol. The quantitative estimate of drug-likeness (QED) is 0.342. The standard InChI is InChI=1S/C8H16N.Li/c1-2-3-6-9-7-4-5-8-9;/h1-8H2;/q-1;+1. The molecule has 54 valence electrons. The second kappa shape index (κ2) is 6.28. The number of nitrogens with zero attached hydrogens (tertiary/aromatic N) is 1. The first kappa shape index (κ1) is 10.6. The Balaban J connectivity index is 0.000000810. The van der Waals surface area contributed by atoms with Gasteiger partial charge < -0.3 is 11.8 Å². The van der Waals surface area contributed by atoms with Crippen molar-refractivity contribution in [2.45, 2.75) is 25.7 Å². The van der Waals surface area contributed by atoms with Gasteiger partial charge in [-0.15, -0.1) is 0 Å². The van der Waals surface area contributed by atoms with Crippen LogP contribution in [0.4, 0.5) is 0 Å². The summed E-state index contributed by atoms with van der Waals surface area (Å²) in [6.07, 6.45) is 5.20. The molecule has 0 aromatic carbocycles. The Bertz CT molecular complexity index is 69.7. The van der Waals surface area contributed by atoms with Gasteiger partial charge in [0.05, 0.1) is 0 Å². The number of likely N-dealkylation sites (tertiary alicyclic amines) is 1. The van der Waals surface area contributed by atoms with Crippen molar-refractivity contribution in [2.24, 2.45) is 0 Å². The molecule has 0 amide bonds. The van der Waals surface area contributed by atoms with Crippen LogP contribution in [0.1, 0.15) is 25.7 Å². The Labute approximate surface area is 76.3 Å². The molecule has 0 unspecified atom stereocenters. The average molecular weight is 133 g/mol. The van der Waals surface area contributed by atoms with E-state index in [4.69, 9.17) is 0 Å². The monoisotopic (exact) mass is 133 g/mol. The van der Waals surface area contributed by atoms with E-state index in [1.807, 2.05) is 0 Å². The molecule has 10 heavy (non-hydrogen) atoms. The van der Waals surface area contributed by atoms with Crippen LogP contribution in [0.5, 0.6) is 0 Å². The van der Waals surface area contributed by atoms with Crippen molar-refractivity contribution in [3.05, 3.63) is 6.92 Å². The molecule has 1 nitrogen and oxygen atoms in total. The van der Waals surface area contributed by atoms with Crippen LogP contribution in [-0.4, -0.2) is 24.5 Å². The Hall–Kier alpha value is 0.557. The van der Waals surface area contributed by atoms with E-state index in [9.17, 15) is 0 Å². The summed E-state index contributed by atoms with van der Waals surface area (Å²) >= 11 is 0. The Kier molecular flexibility index (Phi) is 6.63. The van der Waals surface area contributed by atoms with Crippen molar-refractivity contribution in [1.82, 2.24) is 4.90 Å². The number of hydrogen-bond donors (Lipinski definition) is 0. The maximum Gasteiger partial charge on any atom is 1.00 e. The predicted octanol–water partition coefficient (Wildman–Crippen LogP) is -1.30. The Morgan fingerprint density at radius 3 is 2.30 bits per heavy atom. The number of unbranched alkanes of at least 4 members (excludes halogenated alkanes) is 1. The maximum absolute atomic E-state index is 3.82. The normalized spacial score (nSPS) is 18.9. The van der Waals surface area contributed by atoms with Crippen molar-refractivity contribution in [2.75, 3.05) is 19.6 Å². The third-order valence-electron chi connectivity index (χ3n) is 1.92. The van der Waals surface area contributed by atoms with Crippen molar-refractivity contribution < 1.29 is 18.9 Å². The first-order valence-corrected chi connectivity index (χ1v) is 3.95. The summed E-state index contributed by atoms with van der Waals surface area (Å²) < 4.78 is 0. The molecule has 0 aromatic rings. The van der Waals surface area contributed by atoms with Crippen molar-refractivity contribution >= 4 is 0 Å². The van der Waals surface area contributed by atoms with Crippen molar-refractivity contribution in [1.29, 1.82) is 0 Å². The molecule has 1 saturated heterocycles. The van der Waals surface area contributed by atoms with E-state index in [0.717, 1.165) is 6.42 Å². The molecule has 0 atom stereocenters. The molecule has 1 aliphatic rings. The molecule has 1 aliphatic heterocycles. The van der Waals surface area contributed by atoms with Gasteiger partial charge in [0.15, 0.2) is 0 Å². The molecular weight excluding hydrogens is 117 g/mol. The molecule has 0 bridgehead atoms. The zero-order valence-electron chi connectivity index (χ0n) is 7.10. The largest absolute Gasteiger partial charge is 1.00 e. The third kappa shape index (κ3) is 3.66. The average Bonchev–Trinajstić information content (AvgIpc) is 2.34. The molecule has 1 fully saturated rings. The van der Waals surface area contributed by atoms with E-state index in [-0.39, 0.29) is 18.9 Å². The van der Waals surface area contributed by atoms with Crippen LogP contribution in [0.3, 0.4) is 0 Å².